The summed E-state index contributed by atoms with van der Waals surface area (Å²) < 4.78 is 0. The molecule has 98 valence electrons. The van der Waals surface area contributed by atoms with Crippen molar-refractivity contribution in [3.63, 3.8) is 0 Å². The molecule has 2 rings (SSSR count). The largest absolute Gasteiger partial charge is 0.507 e. The summed E-state index contributed by atoms with van der Waals surface area (Å²) in [5.41, 5.74) is 0.308. The van der Waals surface area contributed by atoms with Crippen molar-refractivity contribution in [3.8, 4) is 5.75 Å². The molecule has 1 aliphatic rings. The van der Waals surface area contributed by atoms with E-state index >= 15 is 0 Å². The van der Waals surface area contributed by atoms with Gasteiger partial charge in [0.15, 0.2) is 0 Å². The third kappa shape index (κ3) is 3.16. The zero-order valence-corrected chi connectivity index (χ0v) is 11.1. The van der Waals surface area contributed by atoms with E-state index in [4.69, 9.17) is 11.6 Å². The Labute approximate surface area is 112 Å². The molecule has 1 N–H and O–H groups in total. The van der Waals surface area contributed by atoms with Crippen LogP contribution in [0.4, 0.5) is 0 Å². The van der Waals surface area contributed by atoms with Crippen molar-refractivity contribution in [1.82, 2.24) is 4.90 Å². The molecule has 1 aliphatic heterocycles. The van der Waals surface area contributed by atoms with Crippen LogP contribution in [0.1, 0.15) is 42.5 Å². The quantitative estimate of drug-likeness (QED) is 0.847. The second kappa shape index (κ2) is 6.10. The van der Waals surface area contributed by atoms with E-state index in [-0.39, 0.29) is 11.7 Å². The summed E-state index contributed by atoms with van der Waals surface area (Å²) in [6.45, 7) is 1.54. The van der Waals surface area contributed by atoms with E-state index < -0.39 is 0 Å². The van der Waals surface area contributed by atoms with Crippen LogP contribution >= 0.6 is 11.6 Å². The molecule has 0 aromatic heterocycles. The van der Waals surface area contributed by atoms with Gasteiger partial charge in [0.1, 0.15) is 5.75 Å². The lowest BCUT2D eigenvalue weighted by atomic mass is 10.1. The summed E-state index contributed by atoms with van der Waals surface area (Å²) in [7, 11) is 0. The number of carbonyl (C=O) groups is 1. The molecule has 0 atom stereocenters. The maximum Gasteiger partial charge on any atom is 0.257 e. The number of phenolic OH excluding ortho intramolecular Hbond substituents is 1. The van der Waals surface area contributed by atoms with Gasteiger partial charge in [-0.15, -0.1) is 0 Å². The van der Waals surface area contributed by atoms with Crippen molar-refractivity contribution in [2.24, 2.45) is 0 Å². The second-order valence-corrected chi connectivity index (χ2v) is 5.16. The Morgan fingerprint density at radius 2 is 1.72 bits per heavy atom. The molecule has 0 spiro atoms. The normalized spacial score (nSPS) is 17.1. The Kier molecular flexibility index (Phi) is 4.48. The van der Waals surface area contributed by atoms with Crippen LogP contribution in [0.2, 0.25) is 5.02 Å². The van der Waals surface area contributed by atoms with Crippen LogP contribution in [0.5, 0.6) is 5.75 Å². The average molecular weight is 268 g/mol. The first-order valence-corrected chi connectivity index (χ1v) is 6.84. The van der Waals surface area contributed by atoms with Gasteiger partial charge < -0.3 is 10.0 Å². The first-order valence-electron chi connectivity index (χ1n) is 6.46. The molecule has 0 bridgehead atoms. The monoisotopic (exact) mass is 267 g/mol. The Hall–Kier alpha value is -1.22. The zero-order chi connectivity index (χ0) is 13.0. The molecule has 1 aromatic carbocycles. The van der Waals surface area contributed by atoms with Crippen molar-refractivity contribution in [2.45, 2.75) is 32.1 Å². The second-order valence-electron chi connectivity index (χ2n) is 4.72. The Balaban J connectivity index is 2.15. The first kappa shape index (κ1) is 13.2. The predicted molar refractivity (Wildman–Crippen MR) is 72.1 cm³/mol. The van der Waals surface area contributed by atoms with Gasteiger partial charge in [0.2, 0.25) is 0 Å². The van der Waals surface area contributed by atoms with E-state index in [9.17, 15) is 9.90 Å². The Morgan fingerprint density at radius 3 is 2.39 bits per heavy atom. The summed E-state index contributed by atoms with van der Waals surface area (Å²) in [5.74, 6) is -0.108. The van der Waals surface area contributed by atoms with Crippen molar-refractivity contribution < 1.29 is 9.90 Å². The van der Waals surface area contributed by atoms with E-state index in [2.05, 4.69) is 0 Å². The molecule has 18 heavy (non-hydrogen) atoms. The van der Waals surface area contributed by atoms with Gasteiger partial charge in [-0.05, 0) is 31.0 Å². The van der Waals surface area contributed by atoms with Crippen LogP contribution in [-0.4, -0.2) is 29.0 Å². The van der Waals surface area contributed by atoms with Gasteiger partial charge in [0, 0.05) is 18.1 Å². The Morgan fingerprint density at radius 1 is 1.11 bits per heavy atom. The van der Waals surface area contributed by atoms with Gasteiger partial charge >= 0.3 is 0 Å². The molecule has 0 aliphatic carbocycles. The summed E-state index contributed by atoms with van der Waals surface area (Å²) in [6.07, 6.45) is 5.67. The number of rotatable bonds is 1. The van der Waals surface area contributed by atoms with Crippen LogP contribution in [-0.2, 0) is 0 Å². The number of halogens is 1. The number of amides is 1. The van der Waals surface area contributed by atoms with Gasteiger partial charge in [0.05, 0.1) is 5.56 Å². The average Bonchev–Trinajstić information content (AvgIpc) is 2.31. The SMILES string of the molecule is O=C(c1cc(Cl)ccc1O)N1CCCCCCC1. The molecular weight excluding hydrogens is 250 g/mol. The van der Waals surface area contributed by atoms with E-state index in [0.29, 0.717) is 10.6 Å². The number of likely N-dealkylation sites (tertiary alicyclic amines) is 1. The predicted octanol–water partition coefficient (Wildman–Crippen LogP) is 3.45. The van der Waals surface area contributed by atoms with Gasteiger partial charge in [-0.3, -0.25) is 4.79 Å². The van der Waals surface area contributed by atoms with Gasteiger partial charge in [-0.1, -0.05) is 30.9 Å². The fourth-order valence-electron chi connectivity index (χ4n) is 2.30. The van der Waals surface area contributed by atoms with Crippen LogP contribution in [0, 0.1) is 0 Å². The molecule has 1 amide bonds. The van der Waals surface area contributed by atoms with Crippen LogP contribution in [0.3, 0.4) is 0 Å². The van der Waals surface area contributed by atoms with E-state index in [0.717, 1.165) is 25.9 Å². The maximum atomic E-state index is 12.3. The molecule has 3 nitrogen and oxygen atoms in total. The summed E-state index contributed by atoms with van der Waals surface area (Å²) in [5, 5.41) is 10.2. The molecule has 1 fully saturated rings. The van der Waals surface area contributed by atoms with Crippen molar-refractivity contribution in [3.05, 3.63) is 28.8 Å². The molecule has 0 saturated carbocycles. The lowest BCUT2D eigenvalue weighted by molar-refractivity contribution is 0.0739. The highest BCUT2D eigenvalue weighted by molar-refractivity contribution is 6.31. The van der Waals surface area contributed by atoms with Crippen molar-refractivity contribution in [1.29, 1.82) is 0 Å². The zero-order valence-electron chi connectivity index (χ0n) is 10.4. The minimum atomic E-state index is -0.114. The van der Waals surface area contributed by atoms with Crippen molar-refractivity contribution >= 4 is 17.5 Å². The molecule has 1 heterocycles. The minimum absolute atomic E-state index is 0.00598. The smallest absolute Gasteiger partial charge is 0.257 e. The highest BCUT2D eigenvalue weighted by atomic mass is 35.5. The van der Waals surface area contributed by atoms with E-state index in [1.807, 2.05) is 4.90 Å². The fraction of sp³-hybridized carbons (Fsp3) is 0.500. The van der Waals surface area contributed by atoms with Crippen LogP contribution in [0.15, 0.2) is 18.2 Å². The first-order chi connectivity index (χ1) is 8.68. The van der Waals surface area contributed by atoms with Crippen LogP contribution < -0.4 is 0 Å². The number of carbonyl (C=O) groups excluding carboxylic acids is 1. The lowest BCUT2D eigenvalue weighted by Crippen LogP contribution is -2.33. The number of hydrogen-bond acceptors (Lipinski definition) is 2. The molecule has 0 unspecified atom stereocenters. The molecule has 0 radical (unpaired) electrons. The summed E-state index contributed by atoms with van der Waals surface area (Å²) >= 11 is 5.88. The third-order valence-electron chi connectivity index (χ3n) is 3.33. The number of benzene rings is 1. The highest BCUT2D eigenvalue weighted by Crippen LogP contribution is 2.24. The molecular formula is C14H18ClNO2. The van der Waals surface area contributed by atoms with Crippen LogP contribution in [0.25, 0.3) is 0 Å². The van der Waals surface area contributed by atoms with E-state index in [1.54, 1.807) is 6.07 Å². The maximum absolute atomic E-state index is 12.3. The molecule has 4 heteroatoms. The van der Waals surface area contributed by atoms with Gasteiger partial charge in [-0.2, -0.15) is 0 Å². The molecule has 1 saturated heterocycles. The van der Waals surface area contributed by atoms with E-state index in [1.165, 1.54) is 31.4 Å². The number of hydrogen-bond donors (Lipinski definition) is 1. The summed E-state index contributed by atoms with van der Waals surface area (Å²) in [6, 6.07) is 4.60. The number of phenols is 1. The highest BCUT2D eigenvalue weighted by Gasteiger charge is 2.19. The lowest BCUT2D eigenvalue weighted by Gasteiger charge is -2.25. The molecule has 1 aromatic rings. The van der Waals surface area contributed by atoms with Gasteiger partial charge in [-0.25, -0.2) is 0 Å². The topological polar surface area (TPSA) is 40.5 Å². The van der Waals surface area contributed by atoms with Crippen molar-refractivity contribution in [2.75, 3.05) is 13.1 Å². The third-order valence-corrected chi connectivity index (χ3v) is 3.57. The number of aromatic hydroxyl groups is 1. The number of nitrogens with zero attached hydrogens (tertiary/aromatic N) is 1. The fourth-order valence-corrected chi connectivity index (χ4v) is 2.47. The minimum Gasteiger partial charge on any atom is -0.507 e. The Bertz CT molecular complexity index is 426. The summed E-state index contributed by atoms with van der Waals surface area (Å²) in [4.78, 5) is 14.2. The standard InChI is InChI=1S/C14H18ClNO2/c15-11-6-7-13(17)12(10-11)14(18)16-8-4-2-1-3-5-9-16/h6-7,10,17H,1-5,8-9H2. The van der Waals surface area contributed by atoms with Gasteiger partial charge in [0.25, 0.3) is 5.91 Å².